The van der Waals surface area contributed by atoms with Crippen molar-refractivity contribution in [2.24, 2.45) is 5.10 Å². The van der Waals surface area contributed by atoms with Crippen molar-refractivity contribution >= 4 is 11.6 Å². The molecular weight excluding hydrogens is 378 g/mol. The van der Waals surface area contributed by atoms with Gasteiger partial charge in [-0.2, -0.15) is 5.10 Å². The van der Waals surface area contributed by atoms with Gasteiger partial charge in [-0.3, -0.25) is 9.69 Å². The van der Waals surface area contributed by atoms with Crippen molar-refractivity contribution in [2.75, 3.05) is 33.9 Å². The quantitative estimate of drug-likeness (QED) is 0.730. The zero-order valence-electron chi connectivity index (χ0n) is 17.7. The number of benzene rings is 2. The highest BCUT2D eigenvalue weighted by molar-refractivity contribution is 6.05. The molecule has 0 spiro atoms. The van der Waals surface area contributed by atoms with Gasteiger partial charge < -0.3 is 9.47 Å². The minimum absolute atomic E-state index is 0.0493. The van der Waals surface area contributed by atoms with Gasteiger partial charge >= 0.3 is 0 Å². The second-order valence-electron chi connectivity index (χ2n) is 7.82. The van der Waals surface area contributed by atoms with Crippen LogP contribution in [0.25, 0.3) is 0 Å². The average molecular weight is 408 g/mol. The number of hydrogen-bond acceptors (Lipinski definition) is 5. The van der Waals surface area contributed by atoms with Crippen molar-refractivity contribution in [1.82, 2.24) is 9.91 Å². The van der Waals surface area contributed by atoms with Gasteiger partial charge in [0.15, 0.2) is 0 Å². The molecule has 0 aliphatic carbocycles. The molecule has 6 nitrogen and oxygen atoms in total. The smallest absolute Gasteiger partial charge is 0.257 e. The highest BCUT2D eigenvalue weighted by atomic mass is 16.5. The summed E-state index contributed by atoms with van der Waals surface area (Å²) in [4.78, 5) is 15.5. The summed E-state index contributed by atoms with van der Waals surface area (Å²) in [6, 6.07) is 15.7. The Labute approximate surface area is 178 Å². The van der Waals surface area contributed by atoms with Crippen LogP contribution in [-0.2, 0) is 4.79 Å². The standard InChI is InChI=1S/C24H29N3O3/c1-29-19-11-12-20(23(15-19)30-2)21-16-22(18-9-5-3-6-10-18)27(25-21)24(28)17-26-13-7-4-8-14-26/h3,5-6,9-12,15,22H,4,7-8,13-14,16-17H2,1-2H3/t22-/m1/s1. The lowest BCUT2D eigenvalue weighted by Gasteiger charge is -2.29. The predicted octanol–water partition coefficient (Wildman–Crippen LogP) is 3.87. The molecule has 1 saturated heterocycles. The summed E-state index contributed by atoms with van der Waals surface area (Å²) < 4.78 is 10.9. The van der Waals surface area contributed by atoms with E-state index in [1.165, 1.54) is 6.42 Å². The second-order valence-corrected chi connectivity index (χ2v) is 7.82. The zero-order valence-corrected chi connectivity index (χ0v) is 17.7. The van der Waals surface area contributed by atoms with E-state index in [9.17, 15) is 4.79 Å². The number of likely N-dealkylation sites (tertiary alicyclic amines) is 1. The lowest BCUT2D eigenvalue weighted by Crippen LogP contribution is -2.40. The van der Waals surface area contributed by atoms with Crippen LogP contribution >= 0.6 is 0 Å². The molecule has 6 heteroatoms. The van der Waals surface area contributed by atoms with E-state index in [1.807, 2.05) is 36.4 Å². The van der Waals surface area contributed by atoms with Gasteiger partial charge in [-0.15, -0.1) is 0 Å². The van der Waals surface area contributed by atoms with Gasteiger partial charge in [-0.05, 0) is 43.6 Å². The molecule has 0 bridgehead atoms. The molecule has 1 fully saturated rings. The number of rotatable bonds is 6. The molecule has 2 heterocycles. The number of hydrogen-bond donors (Lipinski definition) is 0. The van der Waals surface area contributed by atoms with E-state index in [0.717, 1.165) is 48.5 Å². The van der Waals surface area contributed by atoms with E-state index < -0.39 is 0 Å². The van der Waals surface area contributed by atoms with Crippen LogP contribution in [0.1, 0.15) is 42.9 Å². The third kappa shape index (κ3) is 4.33. The molecule has 1 amide bonds. The van der Waals surface area contributed by atoms with Crippen LogP contribution in [0, 0.1) is 0 Å². The Bertz CT molecular complexity index is 907. The second kappa shape index (κ2) is 9.30. The van der Waals surface area contributed by atoms with Crippen molar-refractivity contribution in [3.8, 4) is 11.5 Å². The first-order chi connectivity index (χ1) is 14.7. The number of hydrazone groups is 1. The van der Waals surface area contributed by atoms with E-state index >= 15 is 0 Å². The van der Waals surface area contributed by atoms with Crippen LogP contribution in [0.15, 0.2) is 53.6 Å². The first-order valence-corrected chi connectivity index (χ1v) is 10.6. The summed E-state index contributed by atoms with van der Waals surface area (Å²) >= 11 is 0. The van der Waals surface area contributed by atoms with Gasteiger partial charge in [-0.25, -0.2) is 5.01 Å². The summed E-state index contributed by atoms with van der Waals surface area (Å²) in [6.07, 6.45) is 4.22. The molecule has 2 aliphatic rings. The fraction of sp³-hybridized carbons (Fsp3) is 0.417. The first-order valence-electron chi connectivity index (χ1n) is 10.6. The Morgan fingerprint density at radius 3 is 2.50 bits per heavy atom. The van der Waals surface area contributed by atoms with Gasteiger partial charge in [0.1, 0.15) is 11.5 Å². The molecule has 0 unspecified atom stereocenters. The molecule has 0 saturated carbocycles. The van der Waals surface area contributed by atoms with Gasteiger partial charge in [0.25, 0.3) is 5.91 Å². The Hall–Kier alpha value is -2.86. The maximum absolute atomic E-state index is 13.3. The molecule has 0 N–H and O–H groups in total. The first kappa shape index (κ1) is 20.4. The highest BCUT2D eigenvalue weighted by Gasteiger charge is 2.34. The third-order valence-corrected chi connectivity index (χ3v) is 5.88. The molecule has 0 aromatic heterocycles. The zero-order chi connectivity index (χ0) is 20.9. The molecule has 2 aromatic carbocycles. The van der Waals surface area contributed by atoms with Crippen molar-refractivity contribution in [3.05, 3.63) is 59.7 Å². The van der Waals surface area contributed by atoms with Crippen LogP contribution < -0.4 is 9.47 Å². The van der Waals surface area contributed by atoms with E-state index in [-0.39, 0.29) is 11.9 Å². The largest absolute Gasteiger partial charge is 0.497 e. The molecular formula is C24H29N3O3. The van der Waals surface area contributed by atoms with Crippen LogP contribution in [-0.4, -0.2) is 55.4 Å². The highest BCUT2D eigenvalue weighted by Crippen LogP contribution is 2.36. The van der Waals surface area contributed by atoms with Crippen LogP contribution in [0.4, 0.5) is 0 Å². The summed E-state index contributed by atoms with van der Waals surface area (Å²) in [6.45, 7) is 2.39. The van der Waals surface area contributed by atoms with Crippen molar-refractivity contribution in [2.45, 2.75) is 31.7 Å². The van der Waals surface area contributed by atoms with E-state index in [0.29, 0.717) is 18.7 Å². The molecule has 4 rings (SSSR count). The van der Waals surface area contributed by atoms with E-state index in [4.69, 9.17) is 14.6 Å². The molecule has 30 heavy (non-hydrogen) atoms. The number of carbonyl (C=O) groups excluding carboxylic acids is 1. The third-order valence-electron chi connectivity index (χ3n) is 5.88. The minimum Gasteiger partial charge on any atom is -0.497 e. The van der Waals surface area contributed by atoms with Crippen molar-refractivity contribution in [1.29, 1.82) is 0 Å². The fourth-order valence-corrected chi connectivity index (χ4v) is 4.26. The molecule has 1 atom stereocenters. The minimum atomic E-state index is -0.106. The number of ether oxygens (including phenoxy) is 2. The lowest BCUT2D eigenvalue weighted by atomic mass is 9.98. The number of piperidine rings is 1. The SMILES string of the molecule is COc1ccc(C2=NN(C(=O)CN3CCCCC3)[C@@H](c3ccccc3)C2)c(OC)c1. The molecule has 0 radical (unpaired) electrons. The Balaban J connectivity index is 1.63. The van der Waals surface area contributed by atoms with Crippen molar-refractivity contribution < 1.29 is 14.3 Å². The lowest BCUT2D eigenvalue weighted by molar-refractivity contribution is -0.134. The van der Waals surface area contributed by atoms with Gasteiger partial charge in [0, 0.05) is 18.1 Å². The number of nitrogens with zero attached hydrogens (tertiary/aromatic N) is 3. The Kier molecular flexibility index (Phi) is 6.33. The van der Waals surface area contributed by atoms with Crippen LogP contribution in [0.5, 0.6) is 11.5 Å². The number of amides is 1. The molecule has 2 aromatic rings. The maximum atomic E-state index is 13.3. The summed E-state index contributed by atoms with van der Waals surface area (Å²) in [5, 5.41) is 6.48. The van der Waals surface area contributed by atoms with Crippen molar-refractivity contribution in [3.63, 3.8) is 0 Å². The monoisotopic (exact) mass is 407 g/mol. The maximum Gasteiger partial charge on any atom is 0.257 e. The topological polar surface area (TPSA) is 54.4 Å². The van der Waals surface area contributed by atoms with E-state index in [1.54, 1.807) is 19.2 Å². The summed E-state index contributed by atoms with van der Waals surface area (Å²) in [5.41, 5.74) is 2.85. The summed E-state index contributed by atoms with van der Waals surface area (Å²) in [7, 11) is 3.27. The van der Waals surface area contributed by atoms with E-state index in [2.05, 4.69) is 17.0 Å². The van der Waals surface area contributed by atoms with Crippen LogP contribution in [0.3, 0.4) is 0 Å². The Morgan fingerprint density at radius 2 is 1.80 bits per heavy atom. The fourth-order valence-electron chi connectivity index (χ4n) is 4.26. The molecule has 2 aliphatic heterocycles. The number of methoxy groups -OCH3 is 2. The predicted molar refractivity (Wildman–Crippen MR) is 117 cm³/mol. The normalized spacial score (nSPS) is 19.5. The molecule has 158 valence electrons. The number of carbonyl (C=O) groups is 1. The summed E-state index contributed by atoms with van der Waals surface area (Å²) in [5.74, 6) is 1.48. The average Bonchev–Trinajstić information content (AvgIpc) is 3.25. The Morgan fingerprint density at radius 1 is 1.03 bits per heavy atom. The van der Waals surface area contributed by atoms with Gasteiger partial charge in [0.2, 0.25) is 0 Å². The van der Waals surface area contributed by atoms with Crippen LogP contribution in [0.2, 0.25) is 0 Å². The van der Waals surface area contributed by atoms with Gasteiger partial charge in [0.05, 0.1) is 32.5 Å². The van der Waals surface area contributed by atoms with Gasteiger partial charge in [-0.1, -0.05) is 36.8 Å².